The highest BCUT2D eigenvalue weighted by Gasteiger charge is 2.41. The van der Waals surface area contributed by atoms with Gasteiger partial charge in [0.2, 0.25) is 11.6 Å². The van der Waals surface area contributed by atoms with Gasteiger partial charge in [0.1, 0.15) is 17.2 Å². The number of alkyl halides is 3. The van der Waals surface area contributed by atoms with E-state index in [4.69, 9.17) is 22.1 Å². The molecule has 0 fully saturated rings. The van der Waals surface area contributed by atoms with Crippen LogP contribution in [0.1, 0.15) is 16.1 Å². The summed E-state index contributed by atoms with van der Waals surface area (Å²) in [6, 6.07) is 3.14. The zero-order valence-corrected chi connectivity index (χ0v) is 18.1. The van der Waals surface area contributed by atoms with Gasteiger partial charge in [-0.05, 0) is 12.1 Å². The first-order valence-electron chi connectivity index (χ1n) is 9.47. The molecule has 9 nitrogen and oxygen atoms in total. The van der Waals surface area contributed by atoms with Crippen molar-refractivity contribution in [2.24, 2.45) is 0 Å². The monoisotopic (exact) mass is 529 g/mol. The summed E-state index contributed by atoms with van der Waals surface area (Å²) < 4.78 is 89.4. The number of aromatic nitrogens is 5. The minimum atomic E-state index is -5.18. The zero-order chi connectivity index (χ0) is 26.2. The summed E-state index contributed by atoms with van der Waals surface area (Å²) in [5.41, 5.74) is 2.18. The van der Waals surface area contributed by atoms with Crippen LogP contribution in [0.4, 0.5) is 37.8 Å². The van der Waals surface area contributed by atoms with Crippen LogP contribution in [-0.4, -0.2) is 30.6 Å². The fourth-order valence-corrected chi connectivity index (χ4v) is 3.08. The smallest absolute Gasteiger partial charge is 0.431 e. The Morgan fingerprint density at radius 2 is 1.78 bits per heavy atom. The van der Waals surface area contributed by atoms with E-state index in [9.17, 15) is 31.1 Å². The van der Waals surface area contributed by atoms with E-state index in [1.807, 2.05) is 5.32 Å². The van der Waals surface area contributed by atoms with Gasteiger partial charge in [0.05, 0.1) is 11.8 Å². The standard InChI is InChI=1S/C20H10ClF6N7O2/c21-13-16(28)30-7-31-19(13)36-14-11(23)4-8(5-12(14)24)33-18(35)9-6-32-34(15(9)20(25,26)27)17-10(22)2-1-3-29-17/h1-7H,(H,33,35)(H2,28,30,31). The maximum absolute atomic E-state index is 14.5. The van der Waals surface area contributed by atoms with Gasteiger partial charge in [-0.1, -0.05) is 11.6 Å². The number of anilines is 2. The maximum atomic E-state index is 14.5. The number of nitrogen functional groups attached to an aromatic ring is 1. The molecule has 16 heteroatoms. The van der Waals surface area contributed by atoms with Gasteiger partial charge < -0.3 is 15.8 Å². The summed E-state index contributed by atoms with van der Waals surface area (Å²) in [4.78, 5) is 23.3. The molecule has 1 amide bonds. The largest absolute Gasteiger partial charge is 0.434 e. The summed E-state index contributed by atoms with van der Waals surface area (Å²) in [5.74, 6) is -7.79. The first-order chi connectivity index (χ1) is 17.0. The van der Waals surface area contributed by atoms with E-state index in [1.165, 1.54) is 0 Å². The van der Waals surface area contributed by atoms with Crippen molar-refractivity contribution in [2.45, 2.75) is 6.18 Å². The van der Waals surface area contributed by atoms with Crippen molar-refractivity contribution in [3.63, 3.8) is 0 Å². The van der Waals surface area contributed by atoms with Crippen LogP contribution in [0.5, 0.6) is 11.6 Å². The highest BCUT2D eigenvalue weighted by atomic mass is 35.5. The molecule has 4 rings (SSSR count). The van der Waals surface area contributed by atoms with Gasteiger partial charge in [-0.2, -0.15) is 23.3 Å². The summed E-state index contributed by atoms with van der Waals surface area (Å²) in [6.45, 7) is 0. The third kappa shape index (κ3) is 4.72. The Labute approximate surface area is 201 Å². The topological polar surface area (TPSA) is 121 Å². The molecule has 1 aromatic carbocycles. The number of hydrogen-bond acceptors (Lipinski definition) is 7. The van der Waals surface area contributed by atoms with Crippen LogP contribution in [0.25, 0.3) is 5.82 Å². The van der Waals surface area contributed by atoms with Gasteiger partial charge in [0, 0.05) is 24.0 Å². The third-order valence-electron chi connectivity index (χ3n) is 4.46. The van der Waals surface area contributed by atoms with Crippen LogP contribution >= 0.6 is 11.6 Å². The van der Waals surface area contributed by atoms with Gasteiger partial charge in [-0.25, -0.2) is 27.8 Å². The van der Waals surface area contributed by atoms with Crippen molar-refractivity contribution in [3.8, 4) is 17.4 Å². The molecular formula is C20H10ClF6N7O2. The number of halogens is 7. The predicted octanol–water partition coefficient (Wildman–Crippen LogP) is 4.77. The lowest BCUT2D eigenvalue weighted by molar-refractivity contribution is -0.143. The number of nitrogens with zero attached hydrogens (tertiary/aromatic N) is 5. The molecule has 0 saturated heterocycles. The Kier molecular flexibility index (Phi) is 6.41. The number of carbonyl (C=O) groups is 1. The molecule has 0 saturated carbocycles. The zero-order valence-electron chi connectivity index (χ0n) is 17.3. The van der Waals surface area contributed by atoms with E-state index < -0.39 is 63.9 Å². The second-order valence-corrected chi connectivity index (χ2v) is 7.21. The number of amides is 1. The molecular weight excluding hydrogens is 520 g/mol. The summed E-state index contributed by atoms with van der Waals surface area (Å²) in [7, 11) is 0. The van der Waals surface area contributed by atoms with E-state index >= 15 is 0 Å². The average Bonchev–Trinajstić information content (AvgIpc) is 3.25. The van der Waals surface area contributed by atoms with Crippen molar-refractivity contribution < 1.29 is 35.9 Å². The van der Waals surface area contributed by atoms with Crippen molar-refractivity contribution >= 4 is 29.0 Å². The van der Waals surface area contributed by atoms with Crippen LogP contribution < -0.4 is 15.8 Å². The second-order valence-electron chi connectivity index (χ2n) is 6.83. The fourth-order valence-electron chi connectivity index (χ4n) is 2.94. The van der Waals surface area contributed by atoms with Gasteiger partial charge in [0.15, 0.2) is 29.0 Å². The Bertz CT molecular complexity index is 1450. The quantitative estimate of drug-likeness (QED) is 0.357. The molecule has 0 aliphatic rings. The van der Waals surface area contributed by atoms with Crippen LogP contribution in [0.2, 0.25) is 5.02 Å². The average molecular weight is 530 g/mol. The molecule has 0 atom stereocenters. The number of hydrogen-bond donors (Lipinski definition) is 2. The number of pyridine rings is 1. The molecule has 0 bridgehead atoms. The van der Waals surface area contributed by atoms with Crippen LogP contribution in [0.15, 0.2) is 43.0 Å². The van der Waals surface area contributed by atoms with Gasteiger partial charge in [-0.3, -0.25) is 4.79 Å². The summed E-state index contributed by atoms with van der Waals surface area (Å²) in [6.07, 6.45) is -2.72. The molecule has 186 valence electrons. The minimum absolute atomic E-state index is 0.0967. The van der Waals surface area contributed by atoms with Crippen LogP contribution in [0, 0.1) is 17.5 Å². The van der Waals surface area contributed by atoms with Crippen LogP contribution in [-0.2, 0) is 6.18 Å². The Morgan fingerprint density at radius 3 is 2.42 bits per heavy atom. The first kappa shape index (κ1) is 24.7. The molecule has 36 heavy (non-hydrogen) atoms. The van der Waals surface area contributed by atoms with Crippen molar-refractivity contribution in [2.75, 3.05) is 11.1 Å². The van der Waals surface area contributed by atoms with E-state index in [1.54, 1.807) is 0 Å². The number of ether oxygens (including phenoxy) is 1. The third-order valence-corrected chi connectivity index (χ3v) is 4.82. The van der Waals surface area contributed by atoms with E-state index in [0.717, 1.165) is 24.7 Å². The molecule has 3 heterocycles. The van der Waals surface area contributed by atoms with E-state index in [2.05, 4.69) is 20.1 Å². The van der Waals surface area contributed by atoms with Crippen molar-refractivity contribution in [1.82, 2.24) is 24.7 Å². The van der Waals surface area contributed by atoms with Gasteiger partial charge >= 0.3 is 6.18 Å². The number of nitrogens with two attached hydrogens (primary N) is 1. The highest BCUT2D eigenvalue weighted by Crippen LogP contribution is 2.36. The molecule has 0 unspecified atom stereocenters. The number of nitrogens with one attached hydrogen (secondary N) is 1. The first-order valence-corrected chi connectivity index (χ1v) is 9.85. The van der Waals surface area contributed by atoms with Crippen molar-refractivity contribution in [1.29, 1.82) is 0 Å². The highest BCUT2D eigenvalue weighted by molar-refractivity contribution is 6.34. The Morgan fingerprint density at radius 1 is 1.08 bits per heavy atom. The number of rotatable bonds is 5. The summed E-state index contributed by atoms with van der Waals surface area (Å²) in [5, 5.41) is 5.02. The lowest BCUT2D eigenvalue weighted by Crippen LogP contribution is -2.21. The van der Waals surface area contributed by atoms with E-state index in [0.29, 0.717) is 18.3 Å². The molecule has 0 aliphatic heterocycles. The summed E-state index contributed by atoms with van der Waals surface area (Å²) >= 11 is 5.82. The van der Waals surface area contributed by atoms with Crippen LogP contribution in [0.3, 0.4) is 0 Å². The molecule has 3 N–H and O–H groups in total. The molecule has 0 radical (unpaired) electrons. The lowest BCUT2D eigenvalue weighted by Gasteiger charge is -2.13. The Hall–Kier alpha value is -4.40. The molecule has 0 aliphatic carbocycles. The lowest BCUT2D eigenvalue weighted by atomic mass is 10.2. The molecule has 3 aromatic heterocycles. The predicted molar refractivity (Wildman–Crippen MR) is 112 cm³/mol. The number of benzene rings is 1. The number of carbonyl (C=O) groups excluding carboxylic acids is 1. The fraction of sp³-hybridized carbons (Fsp3) is 0.0500. The van der Waals surface area contributed by atoms with E-state index in [-0.39, 0.29) is 15.5 Å². The normalized spacial score (nSPS) is 11.4. The Balaban J connectivity index is 1.65. The molecule has 0 spiro atoms. The minimum Gasteiger partial charge on any atom is -0.431 e. The second kappa shape index (κ2) is 9.33. The van der Waals surface area contributed by atoms with Gasteiger partial charge in [0.25, 0.3) is 5.91 Å². The maximum Gasteiger partial charge on any atom is 0.434 e. The SMILES string of the molecule is Nc1ncnc(Oc2c(F)cc(NC(=O)c3cnn(-c4ncccc4F)c3C(F)(F)F)cc2F)c1Cl. The molecule has 4 aromatic rings. The van der Waals surface area contributed by atoms with Gasteiger partial charge in [-0.15, -0.1) is 0 Å². The van der Waals surface area contributed by atoms with Crippen molar-refractivity contribution in [3.05, 3.63) is 76.7 Å².